The predicted octanol–water partition coefficient (Wildman–Crippen LogP) is 5.32. The average Bonchev–Trinajstić information content (AvgIpc) is 3.09. The molecule has 1 aromatic heterocycles. The van der Waals surface area contributed by atoms with Crippen LogP contribution in [-0.4, -0.2) is 28.9 Å². The van der Waals surface area contributed by atoms with Crippen LogP contribution < -0.4 is 9.64 Å². The number of rotatable bonds is 4. The van der Waals surface area contributed by atoms with Crippen molar-refractivity contribution in [3.05, 3.63) is 94.8 Å². The van der Waals surface area contributed by atoms with E-state index in [0.29, 0.717) is 22.7 Å². The lowest BCUT2D eigenvalue weighted by atomic mass is 9.87. The van der Waals surface area contributed by atoms with Crippen molar-refractivity contribution in [3.63, 3.8) is 0 Å². The third kappa shape index (κ3) is 4.07. The summed E-state index contributed by atoms with van der Waals surface area (Å²) < 4.78 is 5.26. The van der Waals surface area contributed by atoms with Crippen LogP contribution in [0.4, 0.5) is 5.69 Å². The van der Waals surface area contributed by atoms with Gasteiger partial charge in [0.2, 0.25) is 0 Å². The van der Waals surface area contributed by atoms with E-state index in [4.69, 9.17) is 4.74 Å². The maximum Gasteiger partial charge on any atom is 0.300 e. The molecule has 174 valence electrons. The van der Waals surface area contributed by atoms with E-state index in [0.717, 1.165) is 11.1 Å². The molecular weight excluding hydrogens is 428 g/mol. The molecule has 1 unspecified atom stereocenters. The second-order valence-corrected chi connectivity index (χ2v) is 9.40. The molecule has 2 heterocycles. The Morgan fingerprint density at radius 2 is 1.74 bits per heavy atom. The van der Waals surface area contributed by atoms with Gasteiger partial charge in [-0.2, -0.15) is 0 Å². The van der Waals surface area contributed by atoms with Crippen LogP contribution in [0.1, 0.15) is 49.2 Å². The van der Waals surface area contributed by atoms with Gasteiger partial charge in [-0.15, -0.1) is 0 Å². The number of carbonyl (C=O) groups excluding carboxylic acids is 2. The van der Waals surface area contributed by atoms with E-state index in [1.165, 1.54) is 4.90 Å². The van der Waals surface area contributed by atoms with E-state index < -0.39 is 17.7 Å². The van der Waals surface area contributed by atoms with Crippen molar-refractivity contribution in [3.8, 4) is 5.75 Å². The Bertz CT molecular complexity index is 1270. The van der Waals surface area contributed by atoms with E-state index in [1.54, 1.807) is 49.7 Å². The number of aliphatic hydroxyl groups excluding tert-OH is 1. The monoisotopic (exact) mass is 456 g/mol. The number of hydrogen-bond acceptors (Lipinski definition) is 5. The van der Waals surface area contributed by atoms with Crippen molar-refractivity contribution >= 4 is 23.1 Å². The summed E-state index contributed by atoms with van der Waals surface area (Å²) >= 11 is 0. The molecule has 1 fully saturated rings. The van der Waals surface area contributed by atoms with Crippen molar-refractivity contribution in [2.24, 2.45) is 0 Å². The predicted molar refractivity (Wildman–Crippen MR) is 132 cm³/mol. The number of aliphatic hydroxyl groups is 1. The zero-order valence-electron chi connectivity index (χ0n) is 20.0. The maximum absolute atomic E-state index is 13.3. The molecule has 3 aromatic rings. The number of pyridine rings is 1. The van der Waals surface area contributed by atoms with E-state index in [9.17, 15) is 14.7 Å². The standard InChI is InChI=1S/C28H28N2O4/c1-17-16-20(34-5)13-14-21(17)25(31)23-24(22-8-6-7-15-29-22)30(27(33)26(23)32)19-11-9-18(10-12-19)28(2,3)4/h6-16,24,31H,1-5H3/b25-23-. The van der Waals surface area contributed by atoms with Crippen molar-refractivity contribution in [2.75, 3.05) is 12.0 Å². The van der Waals surface area contributed by atoms with Gasteiger partial charge < -0.3 is 9.84 Å². The van der Waals surface area contributed by atoms with E-state index in [2.05, 4.69) is 25.8 Å². The zero-order chi connectivity index (χ0) is 24.6. The summed E-state index contributed by atoms with van der Waals surface area (Å²) in [5.74, 6) is -1.05. The summed E-state index contributed by atoms with van der Waals surface area (Å²) in [6.45, 7) is 8.15. The fourth-order valence-electron chi connectivity index (χ4n) is 4.21. The van der Waals surface area contributed by atoms with Gasteiger partial charge in [-0.05, 0) is 65.9 Å². The SMILES string of the molecule is COc1ccc(/C(O)=C2/C(=O)C(=O)N(c3ccc(C(C)(C)C)cc3)C2c2ccccn2)c(C)c1. The molecule has 1 aliphatic rings. The van der Waals surface area contributed by atoms with E-state index >= 15 is 0 Å². The van der Waals surface area contributed by atoms with Crippen LogP contribution in [0.15, 0.2) is 72.4 Å². The molecule has 6 heteroatoms. The first-order chi connectivity index (χ1) is 16.1. The van der Waals surface area contributed by atoms with Crippen molar-refractivity contribution in [1.29, 1.82) is 0 Å². The number of ether oxygens (including phenoxy) is 1. The molecule has 1 aliphatic heterocycles. The fourth-order valence-corrected chi connectivity index (χ4v) is 4.21. The van der Waals surface area contributed by atoms with Crippen LogP contribution in [0.2, 0.25) is 0 Å². The first-order valence-electron chi connectivity index (χ1n) is 11.1. The molecule has 0 spiro atoms. The summed E-state index contributed by atoms with van der Waals surface area (Å²) in [5.41, 5.74) is 3.30. The quantitative estimate of drug-likeness (QED) is 0.326. The minimum absolute atomic E-state index is 0.0110. The van der Waals surface area contributed by atoms with Gasteiger partial charge >= 0.3 is 0 Å². The lowest BCUT2D eigenvalue weighted by Crippen LogP contribution is -2.30. The number of aromatic nitrogens is 1. The number of methoxy groups -OCH3 is 1. The fraction of sp³-hybridized carbons (Fsp3) is 0.250. The Kier molecular flexibility index (Phi) is 6.00. The third-order valence-electron chi connectivity index (χ3n) is 6.11. The van der Waals surface area contributed by atoms with Gasteiger partial charge in [0.25, 0.3) is 11.7 Å². The van der Waals surface area contributed by atoms with Crippen molar-refractivity contribution in [2.45, 2.75) is 39.2 Å². The number of aryl methyl sites for hydroxylation is 1. The van der Waals surface area contributed by atoms with Gasteiger partial charge in [0.05, 0.1) is 18.4 Å². The van der Waals surface area contributed by atoms with Crippen LogP contribution in [0.25, 0.3) is 5.76 Å². The topological polar surface area (TPSA) is 79.7 Å². The second kappa shape index (κ2) is 8.78. The number of ketones is 1. The number of nitrogens with zero attached hydrogens (tertiary/aromatic N) is 2. The first kappa shape index (κ1) is 23.2. The summed E-state index contributed by atoms with van der Waals surface area (Å²) in [4.78, 5) is 32.4. The molecule has 0 aliphatic carbocycles. The second-order valence-electron chi connectivity index (χ2n) is 9.40. The van der Waals surface area contributed by atoms with Gasteiger partial charge in [0, 0.05) is 17.4 Å². The molecule has 1 N–H and O–H groups in total. The van der Waals surface area contributed by atoms with Crippen LogP contribution >= 0.6 is 0 Å². The smallest absolute Gasteiger partial charge is 0.300 e. The number of carbonyl (C=O) groups is 2. The number of hydrogen-bond donors (Lipinski definition) is 1. The van der Waals surface area contributed by atoms with E-state index in [1.807, 2.05) is 31.2 Å². The molecule has 2 aromatic carbocycles. The van der Waals surface area contributed by atoms with Gasteiger partial charge in [-0.3, -0.25) is 19.5 Å². The summed E-state index contributed by atoms with van der Waals surface area (Å²) in [7, 11) is 1.56. The first-order valence-corrected chi connectivity index (χ1v) is 11.1. The molecular formula is C28H28N2O4. The number of Topliss-reactive ketones (excluding diaryl/α,β-unsaturated/α-hetero) is 1. The highest BCUT2D eigenvalue weighted by atomic mass is 16.5. The highest BCUT2D eigenvalue weighted by molar-refractivity contribution is 6.51. The van der Waals surface area contributed by atoms with Crippen molar-refractivity contribution in [1.82, 2.24) is 4.98 Å². The van der Waals surface area contributed by atoms with Crippen LogP contribution in [-0.2, 0) is 15.0 Å². The molecule has 1 amide bonds. The molecule has 34 heavy (non-hydrogen) atoms. The Hall–Kier alpha value is -3.93. The average molecular weight is 457 g/mol. The number of anilines is 1. The molecule has 4 rings (SSSR count). The Balaban J connectivity index is 1.90. The maximum atomic E-state index is 13.3. The molecule has 1 saturated heterocycles. The van der Waals surface area contributed by atoms with Crippen LogP contribution in [0.5, 0.6) is 5.75 Å². The summed E-state index contributed by atoms with van der Waals surface area (Å²) in [5, 5.41) is 11.3. The van der Waals surface area contributed by atoms with Crippen LogP contribution in [0.3, 0.4) is 0 Å². The largest absolute Gasteiger partial charge is 0.507 e. The Morgan fingerprint density at radius 3 is 2.29 bits per heavy atom. The molecule has 0 radical (unpaired) electrons. The normalized spacial score (nSPS) is 17.8. The van der Waals surface area contributed by atoms with Crippen molar-refractivity contribution < 1.29 is 19.4 Å². The van der Waals surface area contributed by atoms with Gasteiger partial charge in [0.15, 0.2) is 0 Å². The summed E-state index contributed by atoms with van der Waals surface area (Å²) in [6.07, 6.45) is 1.61. The highest BCUT2D eigenvalue weighted by Crippen LogP contribution is 2.42. The Morgan fingerprint density at radius 1 is 1.03 bits per heavy atom. The van der Waals surface area contributed by atoms with E-state index in [-0.39, 0.29) is 16.7 Å². The minimum atomic E-state index is -0.858. The molecule has 0 bridgehead atoms. The van der Waals surface area contributed by atoms with Gasteiger partial charge in [0.1, 0.15) is 17.6 Å². The lowest BCUT2D eigenvalue weighted by molar-refractivity contribution is -0.132. The van der Waals surface area contributed by atoms with Gasteiger partial charge in [-0.1, -0.05) is 39.0 Å². The molecule has 1 atom stereocenters. The lowest BCUT2D eigenvalue weighted by Gasteiger charge is -2.26. The number of amides is 1. The minimum Gasteiger partial charge on any atom is -0.507 e. The highest BCUT2D eigenvalue weighted by Gasteiger charge is 2.47. The zero-order valence-corrected chi connectivity index (χ0v) is 20.0. The van der Waals surface area contributed by atoms with Crippen LogP contribution in [0, 0.1) is 6.92 Å². The molecule has 0 saturated carbocycles. The molecule has 6 nitrogen and oxygen atoms in total. The van der Waals surface area contributed by atoms with Gasteiger partial charge in [-0.25, -0.2) is 0 Å². The third-order valence-corrected chi connectivity index (χ3v) is 6.11. The number of benzene rings is 2. The summed E-state index contributed by atoms with van der Waals surface area (Å²) in [6, 6.07) is 17.2. The Labute approximate surface area is 199 Å².